The van der Waals surface area contributed by atoms with Crippen molar-refractivity contribution >= 4 is 43.8 Å². The van der Waals surface area contributed by atoms with Crippen LogP contribution in [0, 0.1) is 23.1 Å². The van der Waals surface area contributed by atoms with Crippen molar-refractivity contribution in [2.75, 3.05) is 24.5 Å². The van der Waals surface area contributed by atoms with Crippen LogP contribution in [-0.2, 0) is 15.6 Å². The van der Waals surface area contributed by atoms with E-state index in [2.05, 4.69) is 6.07 Å². The van der Waals surface area contributed by atoms with E-state index in [9.17, 15) is 53.5 Å². The average Bonchev–Trinajstić information content (AvgIpc) is 3.76. The summed E-state index contributed by atoms with van der Waals surface area (Å²) in [6.45, 7) is 0.799. The fourth-order valence-electron chi connectivity index (χ4n) is 6.77. The third kappa shape index (κ3) is 6.37. The number of ether oxygens (including phenoxy) is 1. The van der Waals surface area contributed by atoms with Gasteiger partial charge in [0.15, 0.2) is 5.40 Å². The summed E-state index contributed by atoms with van der Waals surface area (Å²) in [6, 6.07) is 7.84. The highest BCUT2D eigenvalue weighted by molar-refractivity contribution is 7.70. The van der Waals surface area contributed by atoms with Gasteiger partial charge in [-0.15, -0.1) is 0 Å². The minimum atomic E-state index is -5.12. The smallest absolute Gasteiger partial charge is 0.415 e. The largest absolute Gasteiger partial charge is 0.477 e. The molecule has 254 valence electrons. The van der Waals surface area contributed by atoms with Gasteiger partial charge in [-0.3, -0.25) is 13.9 Å². The molecule has 1 amide bonds. The SMILES string of the molecule is N#Cc1c(N2C[C@@H]3CCCN(C(=O)Oc4ccc(CC(P(=O)(O)O)P(=O)(O)O)cc4)[C@@H]3C2)c(F)cc2c(=O)c(C(=O)O)cn(C3CC3)c12. The molecule has 0 unspecified atom stereocenters. The highest BCUT2D eigenvalue weighted by Crippen LogP contribution is 2.61. The predicted molar refractivity (Wildman–Crippen MR) is 168 cm³/mol. The molecule has 0 bridgehead atoms. The van der Waals surface area contributed by atoms with Gasteiger partial charge in [-0.1, -0.05) is 12.1 Å². The molecule has 48 heavy (non-hydrogen) atoms. The molecule has 1 aliphatic carbocycles. The van der Waals surface area contributed by atoms with Crippen molar-refractivity contribution in [1.29, 1.82) is 5.26 Å². The molecular formula is C30H31FN4O11P2. The van der Waals surface area contributed by atoms with E-state index < -0.39 is 61.9 Å². The second kappa shape index (κ2) is 12.4. The number of hydrogen-bond acceptors (Lipinski definition) is 8. The summed E-state index contributed by atoms with van der Waals surface area (Å²) in [5.74, 6) is -2.32. The average molecular weight is 705 g/mol. The number of carbonyl (C=O) groups excluding carboxylic acids is 1. The highest BCUT2D eigenvalue weighted by atomic mass is 31.2. The Bertz CT molecular complexity index is 1990. The molecule has 2 aromatic carbocycles. The first kappa shape index (κ1) is 33.8. The number of rotatable bonds is 8. The number of carboxylic acids is 1. The monoisotopic (exact) mass is 704 g/mol. The van der Waals surface area contributed by atoms with Gasteiger partial charge in [0, 0.05) is 31.9 Å². The van der Waals surface area contributed by atoms with Crippen LogP contribution in [0.2, 0.25) is 0 Å². The Morgan fingerprint density at radius 1 is 1.06 bits per heavy atom. The van der Waals surface area contributed by atoms with Gasteiger partial charge >= 0.3 is 27.3 Å². The van der Waals surface area contributed by atoms with Crippen LogP contribution in [0.4, 0.5) is 14.9 Å². The van der Waals surface area contributed by atoms with Crippen molar-refractivity contribution in [2.45, 2.75) is 49.6 Å². The predicted octanol–water partition coefficient (Wildman–Crippen LogP) is 3.37. The number of anilines is 1. The van der Waals surface area contributed by atoms with Gasteiger partial charge in [0.2, 0.25) is 5.43 Å². The first-order valence-electron chi connectivity index (χ1n) is 15.1. The number of aromatic nitrogens is 1. The highest BCUT2D eigenvalue weighted by Gasteiger charge is 2.45. The molecule has 6 rings (SSSR count). The summed E-state index contributed by atoms with van der Waals surface area (Å²) in [7, 11) is -10.2. The van der Waals surface area contributed by atoms with Crippen molar-refractivity contribution < 1.29 is 52.5 Å². The molecule has 3 fully saturated rings. The number of carboxylic acid groups (broad SMARTS) is 1. The zero-order valence-electron chi connectivity index (χ0n) is 25.2. The van der Waals surface area contributed by atoms with Gasteiger partial charge in [0.1, 0.15) is 28.8 Å². The molecule has 0 spiro atoms. The summed E-state index contributed by atoms with van der Waals surface area (Å²) >= 11 is 0. The number of nitriles is 1. The molecule has 18 heteroatoms. The fraction of sp³-hybridized carbons (Fsp3) is 0.400. The van der Waals surface area contributed by atoms with Crippen molar-refractivity contribution in [3.63, 3.8) is 0 Å². The lowest BCUT2D eigenvalue weighted by atomic mass is 9.92. The minimum absolute atomic E-state index is 0.0240. The molecule has 1 saturated carbocycles. The Hall–Kier alpha value is -4.09. The van der Waals surface area contributed by atoms with E-state index in [1.165, 1.54) is 35.4 Å². The quantitative estimate of drug-likeness (QED) is 0.212. The van der Waals surface area contributed by atoms with E-state index in [0.29, 0.717) is 38.8 Å². The van der Waals surface area contributed by atoms with E-state index in [0.717, 1.165) is 6.07 Å². The van der Waals surface area contributed by atoms with E-state index in [1.54, 1.807) is 9.47 Å². The number of carbonyl (C=O) groups is 2. The number of amides is 1. The Morgan fingerprint density at radius 3 is 2.31 bits per heavy atom. The first-order chi connectivity index (χ1) is 22.6. The zero-order valence-corrected chi connectivity index (χ0v) is 27.0. The van der Waals surface area contributed by atoms with Gasteiger partial charge in [-0.2, -0.15) is 5.26 Å². The topological polar surface area (TPSA) is 231 Å². The van der Waals surface area contributed by atoms with Crippen LogP contribution in [0.5, 0.6) is 5.75 Å². The second-order valence-electron chi connectivity index (χ2n) is 12.3. The standard InChI is InChI=1S/C30H31FN4O11P2/c31-23-11-20-26(35(18-5-6-18)14-22(28(20)36)29(37)38)21(12-32)27(23)33-13-17-2-1-9-34(24(17)15-33)30(39)46-19-7-3-16(4-8-19)10-25(47(40,41)42)48(43,44)45/h3-4,7-8,11,14,17-18,24-25H,1-2,5-6,9-10,13,15H2,(H,37,38)(H2,40,41,42)(H2,43,44,45)/t17-,24+/m0/s1. The Kier molecular flexibility index (Phi) is 8.74. The van der Waals surface area contributed by atoms with Crippen LogP contribution >= 0.6 is 15.2 Å². The molecule has 2 atom stereocenters. The molecule has 5 N–H and O–H groups in total. The third-order valence-electron chi connectivity index (χ3n) is 9.18. The molecule has 2 saturated heterocycles. The normalized spacial score (nSPS) is 19.8. The van der Waals surface area contributed by atoms with Crippen LogP contribution in [0.25, 0.3) is 10.9 Å². The summed E-state index contributed by atoms with van der Waals surface area (Å²) in [6.07, 6.45) is 2.67. The van der Waals surface area contributed by atoms with E-state index in [-0.39, 0.29) is 52.0 Å². The van der Waals surface area contributed by atoms with Crippen LogP contribution in [0.3, 0.4) is 0 Å². The Balaban J connectivity index is 1.24. The molecule has 15 nitrogen and oxygen atoms in total. The number of pyridine rings is 1. The maximum Gasteiger partial charge on any atom is 0.415 e. The van der Waals surface area contributed by atoms with Crippen molar-refractivity contribution in [2.24, 2.45) is 5.92 Å². The third-order valence-corrected chi connectivity index (χ3v) is 12.9. The Labute approximate surface area is 272 Å². The van der Waals surface area contributed by atoms with Gasteiger partial charge in [0.25, 0.3) is 0 Å². The van der Waals surface area contributed by atoms with Gasteiger partial charge in [-0.25, -0.2) is 14.0 Å². The number of nitrogens with zero attached hydrogens (tertiary/aromatic N) is 4. The second-order valence-corrected chi connectivity index (χ2v) is 16.4. The number of halogens is 1. The van der Waals surface area contributed by atoms with Crippen LogP contribution in [0.15, 0.2) is 41.3 Å². The lowest BCUT2D eigenvalue weighted by Gasteiger charge is -2.35. The van der Waals surface area contributed by atoms with Crippen LogP contribution in [0.1, 0.15) is 53.2 Å². The molecule has 3 aromatic rings. The maximum absolute atomic E-state index is 15.9. The van der Waals surface area contributed by atoms with Crippen molar-refractivity contribution in [3.05, 3.63) is 69.3 Å². The minimum Gasteiger partial charge on any atom is -0.477 e. The summed E-state index contributed by atoms with van der Waals surface area (Å²) < 4.78 is 46.3. The molecular weight excluding hydrogens is 673 g/mol. The Morgan fingerprint density at radius 2 is 1.73 bits per heavy atom. The molecule has 0 radical (unpaired) electrons. The first-order valence-corrected chi connectivity index (χ1v) is 18.4. The van der Waals surface area contributed by atoms with Gasteiger partial charge < -0.3 is 43.8 Å². The zero-order chi connectivity index (χ0) is 34.7. The summed E-state index contributed by atoms with van der Waals surface area (Å²) in [5, 5.41) is 17.4. The number of hydrogen-bond donors (Lipinski definition) is 5. The van der Waals surface area contributed by atoms with Gasteiger partial charge in [-0.05, 0) is 61.8 Å². The summed E-state index contributed by atoms with van der Waals surface area (Å²) in [5.41, 5.74) is -1.12. The molecule has 3 heterocycles. The fourth-order valence-corrected chi connectivity index (χ4v) is 9.24. The van der Waals surface area contributed by atoms with Crippen molar-refractivity contribution in [1.82, 2.24) is 9.47 Å². The summed E-state index contributed by atoms with van der Waals surface area (Å²) in [4.78, 5) is 78.9. The number of likely N-dealkylation sites (tertiary alicyclic amines) is 1. The van der Waals surface area contributed by atoms with Crippen molar-refractivity contribution in [3.8, 4) is 11.8 Å². The lowest BCUT2D eigenvalue weighted by molar-refractivity contribution is 0.0694. The number of piperidine rings is 1. The van der Waals surface area contributed by atoms with E-state index in [1.807, 2.05) is 0 Å². The van der Waals surface area contributed by atoms with Crippen LogP contribution < -0.4 is 15.1 Å². The van der Waals surface area contributed by atoms with Crippen LogP contribution in [-0.4, -0.2) is 77.3 Å². The number of aromatic carboxylic acids is 1. The van der Waals surface area contributed by atoms with E-state index in [4.69, 9.17) is 4.74 Å². The molecule has 1 aromatic heterocycles. The lowest BCUT2D eigenvalue weighted by Crippen LogP contribution is -2.49. The van der Waals surface area contributed by atoms with Gasteiger partial charge in [0.05, 0.1) is 22.6 Å². The number of fused-ring (bicyclic) bond motifs is 2. The molecule has 2 aliphatic heterocycles. The molecule has 3 aliphatic rings. The number of benzene rings is 2. The van der Waals surface area contributed by atoms with E-state index >= 15 is 4.39 Å². The maximum atomic E-state index is 15.9.